The molecule has 2 fully saturated rings. The van der Waals surface area contributed by atoms with Gasteiger partial charge in [0.1, 0.15) is 5.78 Å². The Morgan fingerprint density at radius 2 is 0.716 bits per heavy atom. The summed E-state index contributed by atoms with van der Waals surface area (Å²) in [6.07, 6.45) is 5.43. The van der Waals surface area contributed by atoms with Gasteiger partial charge in [0.15, 0.2) is 0 Å². The molecule has 3 nitrogen and oxygen atoms in total. The van der Waals surface area contributed by atoms with Gasteiger partial charge in [-0.05, 0) is 142 Å². The molecule has 2 aliphatic rings. The second-order valence-corrected chi connectivity index (χ2v) is 30.9. The van der Waals surface area contributed by atoms with Crippen LogP contribution in [0.5, 0.6) is 0 Å². The number of rotatable bonds is 10. The number of nitrogens with two attached hydrogens (primary N) is 1. The first-order valence-corrected chi connectivity index (χ1v) is 28.1. The van der Waals surface area contributed by atoms with Gasteiger partial charge in [0.2, 0.25) is 0 Å². The Hall–Kier alpha value is -1.03. The predicted molar refractivity (Wildman–Crippen MR) is 298 cm³/mol. The molecular weight excluding hydrogens is 880 g/mol. The smallest absolute Gasteiger partial charge is 0.870 e. The molecular formula is C61H94KNO2P2. The first-order chi connectivity index (χ1) is 30.1. The number of carbonyl (C=O) groups is 1. The minimum absolute atomic E-state index is 0. The Kier molecular flexibility index (Phi) is 23.2. The number of hydrogen-bond acceptors (Lipinski definition) is 3. The van der Waals surface area contributed by atoms with Crippen molar-refractivity contribution in [1.82, 2.24) is 0 Å². The van der Waals surface area contributed by atoms with Crippen molar-refractivity contribution in [3.8, 4) is 22.3 Å². The van der Waals surface area contributed by atoms with E-state index in [1.807, 2.05) is 0 Å². The average Bonchev–Trinajstić information content (AvgIpc) is 3.19. The summed E-state index contributed by atoms with van der Waals surface area (Å²) in [7, 11) is 0.690. The first-order valence-electron chi connectivity index (χ1n) is 25.4. The molecule has 2 aliphatic heterocycles. The van der Waals surface area contributed by atoms with E-state index in [0.717, 1.165) is 0 Å². The van der Waals surface area contributed by atoms with Crippen molar-refractivity contribution in [3.05, 3.63) is 106 Å². The molecule has 0 amide bonds. The number of carbonyl (C=O) groups excluding carboxylic acids is 1. The van der Waals surface area contributed by atoms with E-state index >= 15 is 0 Å². The third-order valence-corrected chi connectivity index (χ3v) is 21.7. The van der Waals surface area contributed by atoms with E-state index in [9.17, 15) is 4.79 Å². The summed E-state index contributed by atoms with van der Waals surface area (Å²) in [5.74, 6) is 3.43. The molecule has 0 aliphatic carbocycles. The van der Waals surface area contributed by atoms with Crippen LogP contribution in [0.25, 0.3) is 22.3 Å². The van der Waals surface area contributed by atoms with Crippen LogP contribution in [-0.2, 0) is 4.79 Å². The van der Waals surface area contributed by atoms with E-state index in [4.69, 9.17) is 0 Å². The van der Waals surface area contributed by atoms with Crippen LogP contribution in [0.3, 0.4) is 0 Å². The normalized spacial score (nSPS) is 17.8. The Morgan fingerprint density at radius 3 is 0.985 bits per heavy atom. The van der Waals surface area contributed by atoms with Crippen LogP contribution < -0.4 is 67.7 Å². The summed E-state index contributed by atoms with van der Waals surface area (Å²) in [6.45, 7) is 47.5. The van der Waals surface area contributed by atoms with Crippen molar-refractivity contribution in [2.24, 2.45) is 5.73 Å². The van der Waals surface area contributed by atoms with Crippen LogP contribution in [0.1, 0.15) is 239 Å². The number of ketones is 1. The van der Waals surface area contributed by atoms with Gasteiger partial charge in [0, 0.05) is 12.8 Å². The van der Waals surface area contributed by atoms with Crippen LogP contribution in [0, 0.1) is 0 Å². The summed E-state index contributed by atoms with van der Waals surface area (Å²) in [4.78, 5) is 12.6. The van der Waals surface area contributed by atoms with Gasteiger partial charge in [-0.25, -0.2) is 0 Å². The first kappa shape index (κ1) is 62.1. The molecule has 4 aromatic rings. The van der Waals surface area contributed by atoms with Crippen molar-refractivity contribution < 1.29 is 61.7 Å². The third kappa shape index (κ3) is 14.1. The van der Waals surface area contributed by atoms with Gasteiger partial charge >= 0.3 is 51.4 Å². The summed E-state index contributed by atoms with van der Waals surface area (Å²) >= 11 is 0. The molecule has 0 unspecified atom stereocenters. The van der Waals surface area contributed by atoms with Gasteiger partial charge in [0.25, 0.3) is 0 Å². The van der Waals surface area contributed by atoms with E-state index in [1.165, 1.54) is 87.2 Å². The van der Waals surface area contributed by atoms with E-state index in [-0.39, 0.29) is 75.1 Å². The van der Waals surface area contributed by atoms with Crippen LogP contribution in [0.15, 0.2) is 72.8 Å². The van der Waals surface area contributed by atoms with Crippen molar-refractivity contribution in [2.75, 3.05) is 7.05 Å². The molecule has 366 valence electrons. The third-order valence-electron chi connectivity index (χ3n) is 14.4. The Labute approximate surface area is 457 Å². The Balaban J connectivity index is 0.000000431. The van der Waals surface area contributed by atoms with Crippen molar-refractivity contribution in [1.29, 1.82) is 0 Å². The van der Waals surface area contributed by atoms with E-state index in [1.54, 1.807) is 5.30 Å². The van der Waals surface area contributed by atoms with Crippen LogP contribution in [0.2, 0.25) is 0 Å². The zero-order chi connectivity index (χ0) is 49.1. The Morgan fingerprint density at radius 1 is 0.448 bits per heavy atom. The summed E-state index contributed by atoms with van der Waals surface area (Å²) in [5, 5.41) is 3.86. The van der Waals surface area contributed by atoms with Gasteiger partial charge in [0.05, 0.1) is 0 Å². The largest absolute Gasteiger partial charge is 1.00 e. The van der Waals surface area contributed by atoms with Crippen molar-refractivity contribution in [2.45, 2.75) is 227 Å². The maximum atomic E-state index is 12.6. The zero-order valence-electron chi connectivity index (χ0n) is 46.8. The van der Waals surface area contributed by atoms with Crippen molar-refractivity contribution >= 4 is 32.2 Å². The molecule has 6 rings (SSSR count). The molecule has 0 atom stereocenters. The summed E-state index contributed by atoms with van der Waals surface area (Å²) < 4.78 is 0. The van der Waals surface area contributed by atoms with Crippen LogP contribution in [-0.4, -0.2) is 38.9 Å². The summed E-state index contributed by atoms with van der Waals surface area (Å²) in [5.41, 5.74) is 19.3. The second-order valence-electron chi connectivity index (χ2n) is 23.8. The molecule has 67 heavy (non-hydrogen) atoms. The van der Waals surface area contributed by atoms with Gasteiger partial charge < -0.3 is 11.2 Å². The fourth-order valence-electron chi connectivity index (χ4n) is 11.6. The fourth-order valence-corrected chi connectivity index (χ4v) is 20.2. The monoisotopic (exact) mass is 974 g/mol. The van der Waals surface area contributed by atoms with Gasteiger partial charge in [-0.3, -0.25) is 4.79 Å². The molecule has 6 heteroatoms. The molecule has 0 spiro atoms. The molecule has 4 aromatic carbocycles. The quantitative estimate of drug-likeness (QED) is 0.127. The topological polar surface area (TPSA) is 73.1 Å². The van der Waals surface area contributed by atoms with Crippen molar-refractivity contribution in [3.63, 3.8) is 0 Å². The Bertz CT molecular complexity index is 2150. The maximum Gasteiger partial charge on any atom is 1.00 e. The van der Waals surface area contributed by atoms with E-state index in [0.29, 0.717) is 64.4 Å². The SMILES string of the molecule is CC(C)c1cc(C(C)C)c(-c2ccccc2P2C(C)(C)CC(=O)CC2(C)C)c(C(C)C)c1.CC(C)c1cc(C(C)C)c(-c2ccccc2P2C(C)(C)CCCC2(C)C)c(C(C)C)c1.CN.[K+].[OH-]. The minimum atomic E-state index is -0.529. The van der Waals surface area contributed by atoms with Crippen LogP contribution >= 0.6 is 15.8 Å². The van der Waals surface area contributed by atoms with Gasteiger partial charge in [-0.1, -0.05) is 234 Å². The fraction of sp³-hybridized carbons (Fsp3) is 0.590. The van der Waals surface area contributed by atoms with E-state index in [2.05, 4.69) is 217 Å². The standard InChI is InChI=1S/C30H43OP.C30H45P.CH5N.K.H2O/c1-19(2)22-15-25(20(3)4)28(26(16-22)21(5)6)24-13-11-12-14-27(24)32-29(7,8)17-23(31)18-30(32,9)10;1-20(2)23-18-25(21(3)4)28(26(19-23)22(5)6)24-14-11-12-15-27(24)31-29(7,8)16-13-17-30(31,9)10;1-2;;/h11-16,19-21H,17-18H2,1-10H3;11-12,14-15,18-22H,13,16-17H2,1-10H3;2H2,1H3;;1H2/q;;;+1;/p-1. The molecule has 0 radical (unpaired) electrons. The molecule has 0 saturated carbocycles. The predicted octanol–water partition coefficient (Wildman–Crippen LogP) is 14.7. The van der Waals surface area contributed by atoms with E-state index < -0.39 is 7.92 Å². The molecule has 3 N–H and O–H groups in total. The second kappa shape index (κ2) is 25.1. The summed E-state index contributed by atoms with van der Waals surface area (Å²) in [6, 6.07) is 28.5. The zero-order valence-corrected chi connectivity index (χ0v) is 51.7. The average molecular weight is 974 g/mol. The molecule has 0 bridgehead atoms. The minimum Gasteiger partial charge on any atom is -0.870 e. The molecule has 2 saturated heterocycles. The number of hydrogen-bond donors (Lipinski definition) is 1. The van der Waals surface area contributed by atoms with Gasteiger partial charge in [-0.15, -0.1) is 0 Å². The molecule has 0 aromatic heterocycles. The van der Waals surface area contributed by atoms with Crippen LogP contribution in [0.4, 0.5) is 0 Å². The number of Topliss-reactive ketones (excluding diaryl/α,β-unsaturated/α-hetero) is 1. The maximum absolute atomic E-state index is 12.6. The number of benzene rings is 4. The van der Waals surface area contributed by atoms with Gasteiger partial charge in [-0.2, -0.15) is 0 Å². The molecule has 2 heterocycles.